The SMILES string of the molecule is CCC1=NC(CO)(c2ccccc2)CO1. The predicted octanol–water partition coefficient (Wildman–Crippen LogP) is 1.71. The Labute approximate surface area is 89.4 Å². The molecule has 0 amide bonds. The van der Waals surface area contributed by atoms with Crippen LogP contribution >= 0.6 is 0 Å². The molecule has 1 atom stereocenters. The maximum Gasteiger partial charge on any atom is 0.184 e. The fourth-order valence-corrected chi connectivity index (χ4v) is 1.76. The number of hydrogen-bond donors (Lipinski definition) is 1. The van der Waals surface area contributed by atoms with Crippen molar-refractivity contribution in [1.82, 2.24) is 0 Å². The Balaban J connectivity index is 2.36. The number of nitrogens with zero attached hydrogens (tertiary/aromatic N) is 1. The Morgan fingerprint density at radius 1 is 1.40 bits per heavy atom. The minimum atomic E-state index is -0.577. The lowest BCUT2D eigenvalue weighted by Gasteiger charge is -2.21. The average Bonchev–Trinajstić information content (AvgIpc) is 2.75. The first kappa shape index (κ1) is 10.2. The van der Waals surface area contributed by atoms with Gasteiger partial charge in [0.1, 0.15) is 12.1 Å². The molecular weight excluding hydrogens is 190 g/mol. The van der Waals surface area contributed by atoms with Crippen LogP contribution in [0.3, 0.4) is 0 Å². The summed E-state index contributed by atoms with van der Waals surface area (Å²) in [6.45, 7) is 2.43. The van der Waals surface area contributed by atoms with E-state index in [4.69, 9.17) is 4.74 Å². The molecule has 3 nitrogen and oxygen atoms in total. The van der Waals surface area contributed by atoms with E-state index in [2.05, 4.69) is 4.99 Å². The normalized spacial score (nSPS) is 24.8. The van der Waals surface area contributed by atoms with Crippen molar-refractivity contribution in [3.8, 4) is 0 Å². The number of aliphatic hydroxyl groups excluding tert-OH is 1. The minimum absolute atomic E-state index is 0.0134. The summed E-state index contributed by atoms with van der Waals surface area (Å²) in [7, 11) is 0. The predicted molar refractivity (Wildman–Crippen MR) is 58.9 cm³/mol. The second-order valence-electron chi connectivity index (χ2n) is 3.70. The first-order chi connectivity index (χ1) is 7.30. The fraction of sp³-hybridized carbons (Fsp3) is 0.417. The third-order valence-corrected chi connectivity index (χ3v) is 2.69. The van der Waals surface area contributed by atoms with Gasteiger partial charge in [0.2, 0.25) is 0 Å². The molecule has 3 heteroatoms. The zero-order chi connectivity index (χ0) is 10.7. The molecule has 0 spiro atoms. The first-order valence-electron chi connectivity index (χ1n) is 5.18. The second-order valence-corrected chi connectivity index (χ2v) is 3.70. The molecule has 1 heterocycles. The molecule has 15 heavy (non-hydrogen) atoms. The van der Waals surface area contributed by atoms with Gasteiger partial charge in [-0.3, -0.25) is 0 Å². The molecule has 1 unspecified atom stereocenters. The van der Waals surface area contributed by atoms with Crippen LogP contribution < -0.4 is 0 Å². The van der Waals surface area contributed by atoms with Crippen LogP contribution in [0.2, 0.25) is 0 Å². The van der Waals surface area contributed by atoms with Crippen molar-refractivity contribution in [2.45, 2.75) is 18.9 Å². The largest absolute Gasteiger partial charge is 0.478 e. The highest BCUT2D eigenvalue weighted by Crippen LogP contribution is 2.30. The van der Waals surface area contributed by atoms with Gasteiger partial charge in [-0.1, -0.05) is 37.3 Å². The van der Waals surface area contributed by atoms with Crippen LogP contribution in [0.25, 0.3) is 0 Å². The lowest BCUT2D eigenvalue weighted by molar-refractivity contribution is 0.157. The van der Waals surface area contributed by atoms with Gasteiger partial charge in [0.25, 0.3) is 0 Å². The van der Waals surface area contributed by atoms with Crippen LogP contribution in [0.1, 0.15) is 18.9 Å². The highest BCUT2D eigenvalue weighted by Gasteiger charge is 2.37. The van der Waals surface area contributed by atoms with Gasteiger partial charge in [-0.15, -0.1) is 0 Å². The zero-order valence-electron chi connectivity index (χ0n) is 8.81. The van der Waals surface area contributed by atoms with Crippen molar-refractivity contribution in [3.05, 3.63) is 35.9 Å². The van der Waals surface area contributed by atoms with Gasteiger partial charge in [0, 0.05) is 6.42 Å². The van der Waals surface area contributed by atoms with Crippen molar-refractivity contribution in [2.24, 2.45) is 4.99 Å². The van der Waals surface area contributed by atoms with E-state index in [-0.39, 0.29) is 6.61 Å². The molecule has 0 saturated carbocycles. The van der Waals surface area contributed by atoms with Crippen LogP contribution in [-0.2, 0) is 10.3 Å². The van der Waals surface area contributed by atoms with E-state index >= 15 is 0 Å². The summed E-state index contributed by atoms with van der Waals surface area (Å²) >= 11 is 0. The summed E-state index contributed by atoms with van der Waals surface area (Å²) < 4.78 is 5.45. The molecule has 1 N–H and O–H groups in total. The van der Waals surface area contributed by atoms with Gasteiger partial charge in [-0.25, -0.2) is 4.99 Å². The van der Waals surface area contributed by atoms with Crippen molar-refractivity contribution >= 4 is 5.90 Å². The van der Waals surface area contributed by atoms with Crippen molar-refractivity contribution in [3.63, 3.8) is 0 Å². The highest BCUT2D eigenvalue weighted by atomic mass is 16.5. The number of ether oxygens (including phenoxy) is 1. The van der Waals surface area contributed by atoms with E-state index in [1.165, 1.54) is 0 Å². The fourth-order valence-electron chi connectivity index (χ4n) is 1.76. The molecule has 80 valence electrons. The monoisotopic (exact) mass is 205 g/mol. The van der Waals surface area contributed by atoms with E-state index in [9.17, 15) is 5.11 Å². The smallest absolute Gasteiger partial charge is 0.184 e. The second kappa shape index (κ2) is 4.03. The van der Waals surface area contributed by atoms with Crippen molar-refractivity contribution in [1.29, 1.82) is 0 Å². The number of aliphatic hydroxyl groups is 1. The van der Waals surface area contributed by atoms with Crippen LogP contribution in [0.5, 0.6) is 0 Å². The van der Waals surface area contributed by atoms with E-state index in [0.29, 0.717) is 6.61 Å². The molecular formula is C12H15NO2. The summed E-state index contributed by atoms with van der Waals surface area (Å²) in [5.41, 5.74) is 0.433. The Kier molecular flexibility index (Phi) is 2.73. The quantitative estimate of drug-likeness (QED) is 0.816. The van der Waals surface area contributed by atoms with Gasteiger partial charge >= 0.3 is 0 Å². The van der Waals surface area contributed by atoms with Crippen molar-refractivity contribution < 1.29 is 9.84 Å². The van der Waals surface area contributed by atoms with Crippen LogP contribution in [-0.4, -0.2) is 24.2 Å². The third kappa shape index (κ3) is 1.75. The number of hydrogen-bond acceptors (Lipinski definition) is 3. The number of aliphatic imine (C=N–C) groups is 1. The van der Waals surface area contributed by atoms with Gasteiger partial charge in [-0.2, -0.15) is 0 Å². The van der Waals surface area contributed by atoms with Gasteiger partial charge in [0.15, 0.2) is 5.90 Å². The molecule has 0 saturated heterocycles. The van der Waals surface area contributed by atoms with Crippen LogP contribution in [0.4, 0.5) is 0 Å². The van der Waals surface area contributed by atoms with Crippen LogP contribution in [0.15, 0.2) is 35.3 Å². The molecule has 0 aromatic heterocycles. The summed E-state index contributed by atoms with van der Waals surface area (Å²) in [4.78, 5) is 4.47. The van der Waals surface area contributed by atoms with E-state index in [1.807, 2.05) is 37.3 Å². The average molecular weight is 205 g/mol. The summed E-state index contributed by atoms with van der Waals surface area (Å²) in [6, 6.07) is 9.80. The van der Waals surface area contributed by atoms with Gasteiger partial charge < -0.3 is 9.84 Å². The van der Waals surface area contributed by atoms with Gasteiger partial charge in [-0.05, 0) is 5.56 Å². The van der Waals surface area contributed by atoms with E-state index < -0.39 is 5.54 Å². The molecule has 0 radical (unpaired) electrons. The topological polar surface area (TPSA) is 41.8 Å². The summed E-state index contributed by atoms with van der Waals surface area (Å²) in [5.74, 6) is 0.730. The maximum atomic E-state index is 9.50. The number of benzene rings is 1. The molecule has 2 rings (SSSR count). The standard InChI is InChI=1S/C12H15NO2/c1-2-11-13-12(8-14,9-15-11)10-6-4-3-5-7-10/h3-7,14H,2,8-9H2,1H3. The highest BCUT2D eigenvalue weighted by molar-refractivity contribution is 5.78. The Morgan fingerprint density at radius 2 is 2.13 bits per heavy atom. The Morgan fingerprint density at radius 3 is 2.67 bits per heavy atom. The van der Waals surface area contributed by atoms with Crippen molar-refractivity contribution in [2.75, 3.05) is 13.2 Å². The summed E-state index contributed by atoms with van der Waals surface area (Å²) in [6.07, 6.45) is 0.772. The molecule has 0 aliphatic carbocycles. The Bertz CT molecular complexity index is 361. The molecule has 1 aromatic carbocycles. The molecule has 0 fully saturated rings. The third-order valence-electron chi connectivity index (χ3n) is 2.69. The summed E-state index contributed by atoms with van der Waals surface area (Å²) in [5, 5.41) is 9.50. The van der Waals surface area contributed by atoms with E-state index in [1.54, 1.807) is 0 Å². The molecule has 1 aliphatic rings. The maximum absolute atomic E-state index is 9.50. The zero-order valence-corrected chi connectivity index (χ0v) is 8.81. The van der Waals surface area contributed by atoms with Crippen LogP contribution in [0, 0.1) is 0 Å². The molecule has 1 aliphatic heterocycles. The van der Waals surface area contributed by atoms with Gasteiger partial charge in [0.05, 0.1) is 6.61 Å². The van der Waals surface area contributed by atoms with E-state index in [0.717, 1.165) is 17.9 Å². The minimum Gasteiger partial charge on any atom is -0.478 e. The molecule has 0 bridgehead atoms. The Hall–Kier alpha value is -1.35. The lowest BCUT2D eigenvalue weighted by Crippen LogP contribution is -2.29. The lowest BCUT2D eigenvalue weighted by atomic mass is 9.93. The number of rotatable bonds is 3. The molecule has 1 aromatic rings. The first-order valence-corrected chi connectivity index (χ1v) is 5.18.